The van der Waals surface area contributed by atoms with Gasteiger partial charge in [0, 0.05) is 19.3 Å². The normalized spacial score (nSPS) is 37.2. The van der Waals surface area contributed by atoms with Crippen molar-refractivity contribution in [2.45, 2.75) is 12.5 Å². The largest absolute Gasteiger partial charge is 0.301 e. The molecule has 70 valence electrons. The van der Waals surface area contributed by atoms with Crippen LogP contribution in [0.15, 0.2) is 16.9 Å². The van der Waals surface area contributed by atoms with Crippen molar-refractivity contribution in [1.82, 2.24) is 14.7 Å². The molecule has 2 saturated heterocycles. The average molecular weight is 242 g/mol. The van der Waals surface area contributed by atoms with Crippen molar-refractivity contribution in [1.29, 1.82) is 0 Å². The van der Waals surface area contributed by atoms with E-state index in [-0.39, 0.29) is 0 Å². The molecule has 1 aromatic heterocycles. The standard InChI is InChI=1S/C9H12BrN3/c10-8-3-11-13(5-8)9-6-12-2-1-7(9)4-12/h3,5,7,9H,1-2,4,6H2. The molecular formula is C9H12BrN3. The molecule has 3 unspecified atom stereocenters. The summed E-state index contributed by atoms with van der Waals surface area (Å²) in [5.74, 6) is 0.840. The molecule has 0 spiro atoms. The van der Waals surface area contributed by atoms with Gasteiger partial charge in [-0.1, -0.05) is 0 Å². The highest BCUT2D eigenvalue weighted by Gasteiger charge is 2.39. The zero-order valence-corrected chi connectivity index (χ0v) is 8.94. The number of halogens is 1. The van der Waals surface area contributed by atoms with E-state index in [9.17, 15) is 0 Å². The third-order valence-electron chi connectivity index (χ3n) is 3.21. The first-order valence-corrected chi connectivity index (χ1v) is 5.54. The van der Waals surface area contributed by atoms with E-state index < -0.39 is 0 Å². The molecule has 3 rings (SSSR count). The molecule has 13 heavy (non-hydrogen) atoms. The second-order valence-corrected chi connectivity index (χ2v) is 4.93. The summed E-state index contributed by atoms with van der Waals surface area (Å²) in [6.45, 7) is 3.77. The fraction of sp³-hybridized carbons (Fsp3) is 0.667. The van der Waals surface area contributed by atoms with E-state index in [1.807, 2.05) is 6.20 Å². The number of aromatic nitrogens is 2. The van der Waals surface area contributed by atoms with Crippen LogP contribution >= 0.6 is 15.9 Å². The molecule has 2 bridgehead atoms. The van der Waals surface area contributed by atoms with Gasteiger partial charge in [0.2, 0.25) is 0 Å². The van der Waals surface area contributed by atoms with Crippen LogP contribution in [-0.4, -0.2) is 34.3 Å². The monoisotopic (exact) mass is 241 g/mol. The van der Waals surface area contributed by atoms with E-state index in [4.69, 9.17) is 0 Å². The summed E-state index contributed by atoms with van der Waals surface area (Å²) in [5.41, 5.74) is 0. The first-order chi connectivity index (χ1) is 6.33. The van der Waals surface area contributed by atoms with Gasteiger partial charge in [0.15, 0.2) is 0 Å². The molecule has 0 aliphatic carbocycles. The number of hydrogen-bond donors (Lipinski definition) is 0. The highest BCUT2D eigenvalue weighted by molar-refractivity contribution is 9.10. The summed E-state index contributed by atoms with van der Waals surface area (Å²) in [6, 6.07) is 0.625. The van der Waals surface area contributed by atoms with Crippen molar-refractivity contribution < 1.29 is 0 Å². The van der Waals surface area contributed by atoms with E-state index in [2.05, 4.69) is 36.8 Å². The molecule has 3 nitrogen and oxygen atoms in total. The van der Waals surface area contributed by atoms with E-state index in [1.54, 1.807) is 0 Å². The molecule has 0 radical (unpaired) electrons. The Kier molecular flexibility index (Phi) is 1.73. The van der Waals surface area contributed by atoms with Crippen LogP contribution in [0.4, 0.5) is 0 Å². The van der Waals surface area contributed by atoms with Crippen molar-refractivity contribution in [3.8, 4) is 0 Å². The number of piperidine rings is 1. The van der Waals surface area contributed by atoms with Crippen LogP contribution in [0, 0.1) is 5.92 Å². The van der Waals surface area contributed by atoms with Crippen LogP contribution in [0.25, 0.3) is 0 Å². The van der Waals surface area contributed by atoms with Gasteiger partial charge in [0.25, 0.3) is 0 Å². The van der Waals surface area contributed by atoms with Gasteiger partial charge in [-0.25, -0.2) is 0 Å². The first kappa shape index (κ1) is 8.00. The fourth-order valence-electron chi connectivity index (χ4n) is 2.55. The summed E-state index contributed by atoms with van der Waals surface area (Å²) in [4.78, 5) is 2.53. The van der Waals surface area contributed by atoms with Gasteiger partial charge in [0.1, 0.15) is 0 Å². The van der Waals surface area contributed by atoms with Crippen molar-refractivity contribution >= 4 is 15.9 Å². The number of fused-ring (bicyclic) bond motifs is 2. The lowest BCUT2D eigenvalue weighted by Gasteiger charge is -2.22. The van der Waals surface area contributed by atoms with Crippen LogP contribution in [-0.2, 0) is 0 Å². The minimum atomic E-state index is 0.625. The van der Waals surface area contributed by atoms with Gasteiger partial charge in [-0.2, -0.15) is 5.10 Å². The first-order valence-electron chi connectivity index (χ1n) is 4.75. The second-order valence-electron chi connectivity index (χ2n) is 4.01. The Morgan fingerprint density at radius 1 is 1.46 bits per heavy atom. The molecule has 3 atom stereocenters. The van der Waals surface area contributed by atoms with Crippen LogP contribution in [0.5, 0.6) is 0 Å². The summed E-state index contributed by atoms with van der Waals surface area (Å²) in [7, 11) is 0. The van der Waals surface area contributed by atoms with Crippen LogP contribution < -0.4 is 0 Å². The predicted molar refractivity (Wildman–Crippen MR) is 53.5 cm³/mol. The molecule has 0 aromatic carbocycles. The lowest BCUT2D eigenvalue weighted by atomic mass is 10.0. The summed E-state index contributed by atoms with van der Waals surface area (Å²) in [5, 5.41) is 4.36. The Labute approximate surface area is 85.8 Å². The smallest absolute Gasteiger partial charge is 0.0687 e. The quantitative estimate of drug-likeness (QED) is 0.744. The number of rotatable bonds is 1. The van der Waals surface area contributed by atoms with Crippen molar-refractivity contribution in [3.63, 3.8) is 0 Å². The summed E-state index contributed by atoms with van der Waals surface area (Å²) < 4.78 is 3.21. The van der Waals surface area contributed by atoms with E-state index in [0.717, 1.165) is 10.4 Å². The molecule has 0 N–H and O–H groups in total. The van der Waals surface area contributed by atoms with Crippen LogP contribution in [0.1, 0.15) is 12.5 Å². The molecule has 0 saturated carbocycles. The summed E-state index contributed by atoms with van der Waals surface area (Å²) in [6.07, 6.45) is 5.32. The maximum Gasteiger partial charge on any atom is 0.0687 e. The van der Waals surface area contributed by atoms with Crippen molar-refractivity contribution in [2.75, 3.05) is 19.6 Å². The fourth-order valence-corrected chi connectivity index (χ4v) is 2.85. The van der Waals surface area contributed by atoms with Crippen LogP contribution in [0.3, 0.4) is 0 Å². The van der Waals surface area contributed by atoms with E-state index in [1.165, 1.54) is 26.1 Å². The third kappa shape index (κ3) is 1.23. The van der Waals surface area contributed by atoms with Gasteiger partial charge in [-0.3, -0.25) is 4.68 Å². The van der Waals surface area contributed by atoms with E-state index in [0.29, 0.717) is 6.04 Å². The van der Waals surface area contributed by atoms with Gasteiger partial charge < -0.3 is 4.90 Å². The maximum absolute atomic E-state index is 4.36. The zero-order valence-electron chi connectivity index (χ0n) is 7.36. The van der Waals surface area contributed by atoms with Crippen molar-refractivity contribution in [3.05, 3.63) is 16.9 Å². The lowest BCUT2D eigenvalue weighted by molar-refractivity contribution is 0.285. The number of hydrogen-bond acceptors (Lipinski definition) is 2. The number of nitrogens with zero attached hydrogens (tertiary/aromatic N) is 3. The Balaban J connectivity index is 1.87. The molecule has 2 aliphatic heterocycles. The minimum absolute atomic E-state index is 0.625. The van der Waals surface area contributed by atoms with Gasteiger partial charge in [-0.15, -0.1) is 0 Å². The maximum atomic E-state index is 4.36. The molecule has 0 amide bonds. The van der Waals surface area contributed by atoms with E-state index >= 15 is 0 Å². The van der Waals surface area contributed by atoms with Gasteiger partial charge in [-0.05, 0) is 34.8 Å². The Morgan fingerprint density at radius 3 is 2.92 bits per heavy atom. The highest BCUT2D eigenvalue weighted by atomic mass is 79.9. The average Bonchev–Trinajstić information content (AvgIpc) is 2.77. The SMILES string of the molecule is Brc1cnn(C2CN3CCC2C3)c1. The van der Waals surface area contributed by atoms with Crippen molar-refractivity contribution in [2.24, 2.45) is 5.92 Å². The Morgan fingerprint density at radius 2 is 2.38 bits per heavy atom. The van der Waals surface area contributed by atoms with Gasteiger partial charge >= 0.3 is 0 Å². The molecule has 2 fully saturated rings. The minimum Gasteiger partial charge on any atom is -0.301 e. The highest BCUT2D eigenvalue weighted by Crippen LogP contribution is 2.36. The lowest BCUT2D eigenvalue weighted by Crippen LogP contribution is -2.26. The zero-order chi connectivity index (χ0) is 8.84. The molecule has 3 heterocycles. The van der Waals surface area contributed by atoms with Crippen LogP contribution in [0.2, 0.25) is 0 Å². The second kappa shape index (κ2) is 2.82. The Bertz CT molecular complexity index is 322. The summed E-state index contributed by atoms with van der Waals surface area (Å²) >= 11 is 3.44. The Hall–Kier alpha value is -0.350. The van der Waals surface area contributed by atoms with Gasteiger partial charge in [0.05, 0.1) is 16.7 Å². The molecule has 1 aromatic rings. The topological polar surface area (TPSA) is 21.1 Å². The molecule has 2 aliphatic rings. The molecule has 4 heteroatoms. The third-order valence-corrected chi connectivity index (χ3v) is 3.62. The predicted octanol–water partition coefficient (Wildman–Crippen LogP) is 1.52. The molecular weight excluding hydrogens is 230 g/mol.